The summed E-state index contributed by atoms with van der Waals surface area (Å²) >= 11 is 0. The number of hydrogen-bond acceptors (Lipinski definition) is 5. The second-order valence-corrected chi connectivity index (χ2v) is 6.91. The molecule has 3 heterocycles. The van der Waals surface area contributed by atoms with Crippen molar-refractivity contribution >= 4 is 0 Å². The number of nitrogens with zero attached hydrogens (tertiary/aromatic N) is 2. The van der Waals surface area contributed by atoms with Gasteiger partial charge in [0.2, 0.25) is 5.88 Å². The van der Waals surface area contributed by atoms with Gasteiger partial charge in [-0.15, -0.1) is 5.06 Å². The molecule has 1 unspecified atom stereocenters. The molecular weight excluding hydrogens is 314 g/mol. The van der Waals surface area contributed by atoms with Crippen LogP contribution in [0.15, 0.2) is 58.8 Å². The third-order valence-corrected chi connectivity index (χ3v) is 5.03. The van der Waals surface area contributed by atoms with Crippen LogP contribution in [0.1, 0.15) is 36.0 Å². The fourth-order valence-corrected chi connectivity index (χ4v) is 3.73. The van der Waals surface area contributed by atoms with Gasteiger partial charge in [-0.3, -0.25) is 4.90 Å². The Morgan fingerprint density at radius 3 is 2.52 bits per heavy atom. The third-order valence-electron chi connectivity index (χ3n) is 5.03. The molecule has 132 valence electrons. The Kier molecular flexibility index (Phi) is 4.51. The summed E-state index contributed by atoms with van der Waals surface area (Å²) in [4.78, 5) is 8.33. The zero-order valence-corrected chi connectivity index (χ0v) is 14.6. The predicted molar refractivity (Wildman–Crippen MR) is 96.1 cm³/mol. The molecule has 4 rings (SSSR count). The Hall–Kier alpha value is -2.24. The number of furan rings is 1. The van der Waals surface area contributed by atoms with Crippen LogP contribution < -0.4 is 5.73 Å². The molecule has 1 saturated heterocycles. The third kappa shape index (κ3) is 3.57. The number of aryl methyl sites for hydroxylation is 1. The average Bonchev–Trinajstić information content (AvgIpc) is 3.22. The number of piperidine rings is 1. The minimum atomic E-state index is -0.0284. The van der Waals surface area contributed by atoms with E-state index in [0.29, 0.717) is 11.9 Å². The van der Waals surface area contributed by atoms with Crippen LogP contribution in [0.5, 0.6) is 0 Å². The highest BCUT2D eigenvalue weighted by Gasteiger charge is 2.37. The molecule has 0 bridgehead atoms. The lowest BCUT2D eigenvalue weighted by Gasteiger charge is -2.37. The summed E-state index contributed by atoms with van der Waals surface area (Å²) in [6.45, 7) is 5.08. The van der Waals surface area contributed by atoms with Crippen LogP contribution in [0.2, 0.25) is 0 Å². The highest BCUT2D eigenvalue weighted by atomic mass is 16.7. The molecule has 1 fully saturated rings. The number of benzene rings is 1. The van der Waals surface area contributed by atoms with Gasteiger partial charge in [-0.25, -0.2) is 0 Å². The van der Waals surface area contributed by atoms with E-state index in [4.69, 9.17) is 15.0 Å². The molecular formula is C20H25N3O2. The van der Waals surface area contributed by atoms with Crippen molar-refractivity contribution in [3.05, 3.63) is 71.5 Å². The highest BCUT2D eigenvalue weighted by Crippen LogP contribution is 2.35. The van der Waals surface area contributed by atoms with Crippen molar-refractivity contribution < 1.29 is 9.25 Å². The fraction of sp³-hybridized carbons (Fsp3) is 0.400. The van der Waals surface area contributed by atoms with E-state index in [1.165, 1.54) is 5.56 Å². The fourth-order valence-electron chi connectivity index (χ4n) is 3.73. The SMILES string of the molecule is Cc1ccc(C2C=C(N)ON2C2CCN(Cc3ccccc3)CC2)o1. The number of hydroxylamine groups is 2. The van der Waals surface area contributed by atoms with E-state index in [1.54, 1.807) is 0 Å². The molecule has 0 aliphatic carbocycles. The highest BCUT2D eigenvalue weighted by molar-refractivity contribution is 5.18. The summed E-state index contributed by atoms with van der Waals surface area (Å²) in [6, 6.07) is 15.0. The van der Waals surface area contributed by atoms with Gasteiger partial charge >= 0.3 is 0 Å². The van der Waals surface area contributed by atoms with Crippen molar-refractivity contribution in [2.75, 3.05) is 13.1 Å². The Morgan fingerprint density at radius 2 is 1.84 bits per heavy atom. The van der Waals surface area contributed by atoms with Crippen LogP contribution in [-0.4, -0.2) is 29.1 Å². The molecule has 1 aromatic heterocycles. The summed E-state index contributed by atoms with van der Waals surface area (Å²) in [5.74, 6) is 2.27. The van der Waals surface area contributed by atoms with Crippen LogP contribution in [0.4, 0.5) is 0 Å². The van der Waals surface area contributed by atoms with E-state index in [-0.39, 0.29) is 6.04 Å². The van der Waals surface area contributed by atoms with Crippen molar-refractivity contribution in [1.82, 2.24) is 9.96 Å². The number of hydrogen-bond donors (Lipinski definition) is 1. The zero-order valence-electron chi connectivity index (χ0n) is 14.6. The Balaban J connectivity index is 1.38. The predicted octanol–water partition coefficient (Wildman–Crippen LogP) is 3.34. The summed E-state index contributed by atoms with van der Waals surface area (Å²) in [7, 11) is 0. The van der Waals surface area contributed by atoms with Crippen LogP contribution in [0.25, 0.3) is 0 Å². The number of rotatable bonds is 4. The first kappa shape index (κ1) is 16.2. The lowest BCUT2D eigenvalue weighted by atomic mass is 10.0. The van der Waals surface area contributed by atoms with E-state index < -0.39 is 0 Å². The van der Waals surface area contributed by atoms with Gasteiger partial charge in [0.15, 0.2) is 0 Å². The molecule has 25 heavy (non-hydrogen) atoms. The average molecular weight is 339 g/mol. The van der Waals surface area contributed by atoms with Crippen molar-refractivity contribution in [3.8, 4) is 0 Å². The standard InChI is InChI=1S/C20H25N3O2/c1-15-7-8-19(24-15)18-13-20(21)25-23(18)17-9-11-22(12-10-17)14-16-5-3-2-4-6-16/h2-8,13,17-18H,9-12,14,21H2,1H3. The summed E-state index contributed by atoms with van der Waals surface area (Å²) in [6.07, 6.45) is 4.06. The first-order chi connectivity index (χ1) is 12.2. The van der Waals surface area contributed by atoms with Crippen LogP contribution in [0, 0.1) is 6.92 Å². The van der Waals surface area contributed by atoms with Crippen molar-refractivity contribution in [2.24, 2.45) is 5.73 Å². The van der Waals surface area contributed by atoms with Gasteiger partial charge in [0.1, 0.15) is 17.6 Å². The molecule has 2 aliphatic rings. The van der Waals surface area contributed by atoms with Crippen molar-refractivity contribution in [3.63, 3.8) is 0 Å². The molecule has 0 radical (unpaired) electrons. The van der Waals surface area contributed by atoms with Gasteiger partial charge in [0, 0.05) is 31.8 Å². The lowest BCUT2D eigenvalue weighted by Crippen LogP contribution is -2.44. The first-order valence-corrected chi connectivity index (χ1v) is 8.95. The molecule has 0 amide bonds. The largest absolute Gasteiger partial charge is 0.464 e. The smallest absolute Gasteiger partial charge is 0.207 e. The van der Waals surface area contributed by atoms with Gasteiger partial charge in [-0.1, -0.05) is 30.3 Å². The second-order valence-electron chi connectivity index (χ2n) is 6.91. The van der Waals surface area contributed by atoms with E-state index in [2.05, 4.69) is 35.2 Å². The van der Waals surface area contributed by atoms with Gasteiger partial charge in [0.25, 0.3) is 0 Å². The first-order valence-electron chi connectivity index (χ1n) is 8.95. The molecule has 0 spiro atoms. The lowest BCUT2D eigenvalue weighted by molar-refractivity contribution is -0.165. The minimum Gasteiger partial charge on any atom is -0.464 e. The van der Waals surface area contributed by atoms with Gasteiger partial charge < -0.3 is 15.0 Å². The molecule has 0 saturated carbocycles. The molecule has 5 nitrogen and oxygen atoms in total. The Bertz CT molecular complexity index is 732. The zero-order chi connectivity index (χ0) is 17.2. The molecule has 1 atom stereocenters. The molecule has 1 aromatic carbocycles. The topological polar surface area (TPSA) is 54.9 Å². The maximum absolute atomic E-state index is 5.94. The van der Waals surface area contributed by atoms with E-state index >= 15 is 0 Å². The normalized spacial score (nSPS) is 22.8. The minimum absolute atomic E-state index is 0.0284. The van der Waals surface area contributed by atoms with Crippen molar-refractivity contribution in [1.29, 1.82) is 0 Å². The van der Waals surface area contributed by atoms with Gasteiger partial charge in [-0.05, 0) is 37.5 Å². The maximum Gasteiger partial charge on any atom is 0.207 e. The number of nitrogens with two attached hydrogens (primary N) is 1. The monoisotopic (exact) mass is 339 g/mol. The van der Waals surface area contributed by atoms with Crippen LogP contribution in [-0.2, 0) is 11.4 Å². The van der Waals surface area contributed by atoms with E-state index in [1.807, 2.05) is 30.2 Å². The second kappa shape index (κ2) is 6.94. The van der Waals surface area contributed by atoms with Crippen LogP contribution >= 0.6 is 0 Å². The van der Waals surface area contributed by atoms with E-state index in [9.17, 15) is 0 Å². The molecule has 2 aromatic rings. The Morgan fingerprint density at radius 1 is 1.08 bits per heavy atom. The number of likely N-dealkylation sites (tertiary alicyclic amines) is 1. The Labute approximate surface area is 148 Å². The quantitative estimate of drug-likeness (QED) is 0.926. The van der Waals surface area contributed by atoms with Gasteiger partial charge in [-0.2, -0.15) is 0 Å². The van der Waals surface area contributed by atoms with Crippen LogP contribution in [0.3, 0.4) is 0 Å². The van der Waals surface area contributed by atoms with Gasteiger partial charge in [0.05, 0.1) is 0 Å². The van der Waals surface area contributed by atoms with E-state index in [0.717, 1.165) is 44.0 Å². The summed E-state index contributed by atoms with van der Waals surface area (Å²) in [5.41, 5.74) is 7.31. The summed E-state index contributed by atoms with van der Waals surface area (Å²) in [5, 5.41) is 2.02. The molecule has 5 heteroatoms. The maximum atomic E-state index is 5.94. The molecule has 2 N–H and O–H groups in total. The van der Waals surface area contributed by atoms with Crippen molar-refractivity contribution in [2.45, 2.75) is 38.4 Å². The summed E-state index contributed by atoms with van der Waals surface area (Å²) < 4.78 is 5.80. The molecule has 2 aliphatic heterocycles.